The average molecular weight is 265 g/mol. The van der Waals surface area contributed by atoms with E-state index in [1.165, 1.54) is 70.6 Å². The molecule has 2 nitrogen and oxygen atoms in total. The molecule has 1 amide bonds. The molecule has 2 heteroatoms. The lowest BCUT2D eigenvalue weighted by molar-refractivity contribution is -0.123. The van der Waals surface area contributed by atoms with Crippen LogP contribution in [0.1, 0.15) is 84.0 Å². The molecule has 2 aliphatic carbocycles. The topological polar surface area (TPSA) is 29.1 Å². The van der Waals surface area contributed by atoms with E-state index in [0.29, 0.717) is 23.8 Å². The highest BCUT2D eigenvalue weighted by molar-refractivity contribution is 5.81. The smallest absolute Gasteiger partial charge is 0.223 e. The van der Waals surface area contributed by atoms with Crippen molar-refractivity contribution in [2.75, 3.05) is 0 Å². The van der Waals surface area contributed by atoms with E-state index in [2.05, 4.69) is 12.2 Å². The second-order valence-corrected chi connectivity index (χ2v) is 6.78. The van der Waals surface area contributed by atoms with Crippen molar-refractivity contribution in [3.63, 3.8) is 0 Å². The summed E-state index contributed by atoms with van der Waals surface area (Å²) in [5.41, 5.74) is 0. The fraction of sp³-hybridized carbons (Fsp3) is 0.941. The minimum Gasteiger partial charge on any atom is -0.353 e. The Balaban J connectivity index is 1.72. The maximum Gasteiger partial charge on any atom is 0.223 e. The van der Waals surface area contributed by atoms with Gasteiger partial charge in [-0.05, 0) is 25.2 Å². The second-order valence-electron chi connectivity index (χ2n) is 6.78. The van der Waals surface area contributed by atoms with Gasteiger partial charge in [0.2, 0.25) is 5.91 Å². The van der Waals surface area contributed by atoms with Gasteiger partial charge in [-0.25, -0.2) is 0 Å². The first-order valence-corrected chi connectivity index (χ1v) is 8.58. The quantitative estimate of drug-likeness (QED) is 0.786. The van der Waals surface area contributed by atoms with E-state index in [9.17, 15) is 4.79 Å². The van der Waals surface area contributed by atoms with Gasteiger partial charge in [0.05, 0.1) is 0 Å². The van der Waals surface area contributed by atoms with E-state index >= 15 is 0 Å². The van der Waals surface area contributed by atoms with E-state index < -0.39 is 0 Å². The molecule has 0 heterocycles. The molecule has 2 atom stereocenters. The molecule has 0 aromatic rings. The maximum atomic E-state index is 12.0. The highest BCUT2D eigenvalue weighted by Crippen LogP contribution is 2.37. The Morgan fingerprint density at radius 1 is 0.842 bits per heavy atom. The number of amides is 1. The Morgan fingerprint density at radius 2 is 1.26 bits per heavy atom. The van der Waals surface area contributed by atoms with Crippen molar-refractivity contribution in [2.45, 2.75) is 90.0 Å². The molecule has 0 radical (unpaired) electrons. The molecule has 0 unspecified atom stereocenters. The van der Waals surface area contributed by atoms with E-state index in [1.807, 2.05) is 0 Å². The molecule has 1 N–H and O–H groups in total. The third-order valence-electron chi connectivity index (χ3n) is 4.90. The summed E-state index contributed by atoms with van der Waals surface area (Å²) in [5.74, 6) is 1.30. The molecule has 2 rings (SSSR count). The monoisotopic (exact) mass is 265 g/mol. The number of nitrogens with one attached hydrogen (secondary N) is 1. The van der Waals surface area contributed by atoms with Gasteiger partial charge in [-0.1, -0.05) is 64.7 Å². The number of hydrogen-bond acceptors (Lipinski definition) is 1. The highest BCUT2D eigenvalue weighted by atomic mass is 16.2. The van der Waals surface area contributed by atoms with Gasteiger partial charge in [0.1, 0.15) is 0 Å². The predicted molar refractivity (Wildman–Crippen MR) is 80.0 cm³/mol. The number of carbonyl (C=O) groups excluding carboxylic acids is 1. The van der Waals surface area contributed by atoms with Crippen LogP contribution in [0.15, 0.2) is 0 Å². The molecule has 0 aromatic heterocycles. The Hall–Kier alpha value is -0.530. The van der Waals surface area contributed by atoms with Crippen LogP contribution in [0.2, 0.25) is 0 Å². The molecule has 0 spiro atoms. The fourth-order valence-corrected chi connectivity index (χ4v) is 3.30. The highest BCUT2D eigenvalue weighted by Gasteiger charge is 2.39. The lowest BCUT2D eigenvalue weighted by atomic mass is 9.98. The molecule has 0 aliphatic heterocycles. The first-order valence-electron chi connectivity index (χ1n) is 8.58. The van der Waals surface area contributed by atoms with Gasteiger partial charge in [-0.2, -0.15) is 0 Å². The van der Waals surface area contributed by atoms with Crippen LogP contribution in [-0.2, 0) is 4.79 Å². The largest absolute Gasteiger partial charge is 0.353 e. The number of rotatable bonds is 2. The van der Waals surface area contributed by atoms with E-state index in [4.69, 9.17) is 0 Å². The van der Waals surface area contributed by atoms with Gasteiger partial charge >= 0.3 is 0 Å². The molecule has 0 aromatic carbocycles. The lowest BCUT2D eigenvalue weighted by Gasteiger charge is -2.19. The van der Waals surface area contributed by atoms with Crippen LogP contribution in [0.4, 0.5) is 0 Å². The van der Waals surface area contributed by atoms with E-state index in [1.54, 1.807) is 0 Å². The summed E-state index contributed by atoms with van der Waals surface area (Å²) in [6, 6.07) is 0.458. The number of carbonyl (C=O) groups is 1. The lowest BCUT2D eigenvalue weighted by Crippen LogP contribution is -2.36. The van der Waals surface area contributed by atoms with Crippen LogP contribution in [-0.4, -0.2) is 11.9 Å². The molecule has 2 saturated carbocycles. The Bertz CT molecular complexity index is 264. The Labute approximate surface area is 118 Å². The third-order valence-corrected chi connectivity index (χ3v) is 4.90. The molecule has 2 aliphatic rings. The molecular weight excluding hydrogens is 234 g/mol. The molecule has 0 saturated heterocycles. The summed E-state index contributed by atoms with van der Waals surface area (Å²) in [6.45, 7) is 2.19. The standard InChI is InChI=1S/C17H31NO/c1-14-13-16(14)17(19)18-15-11-9-7-5-3-2-4-6-8-10-12-15/h14-16H,2-13H2,1H3,(H,18,19)/t14-,16+/m1/s1. The summed E-state index contributed by atoms with van der Waals surface area (Å²) in [5, 5.41) is 3.32. The third kappa shape index (κ3) is 5.54. The van der Waals surface area contributed by atoms with Crippen LogP contribution in [0.25, 0.3) is 0 Å². The van der Waals surface area contributed by atoms with Crippen LogP contribution in [0, 0.1) is 11.8 Å². The van der Waals surface area contributed by atoms with Gasteiger partial charge in [-0.3, -0.25) is 4.79 Å². The summed E-state index contributed by atoms with van der Waals surface area (Å²) in [7, 11) is 0. The average Bonchev–Trinajstić information content (AvgIpc) is 3.10. The molecule has 19 heavy (non-hydrogen) atoms. The zero-order valence-electron chi connectivity index (χ0n) is 12.6. The van der Waals surface area contributed by atoms with Crippen molar-refractivity contribution in [2.24, 2.45) is 11.8 Å². The van der Waals surface area contributed by atoms with Gasteiger partial charge in [0.15, 0.2) is 0 Å². The van der Waals surface area contributed by atoms with Gasteiger partial charge in [0, 0.05) is 12.0 Å². The number of hydrogen-bond donors (Lipinski definition) is 1. The minimum absolute atomic E-state index is 0.335. The molecular formula is C17H31NO. The van der Waals surface area contributed by atoms with Crippen molar-refractivity contribution in [3.8, 4) is 0 Å². The van der Waals surface area contributed by atoms with Crippen LogP contribution < -0.4 is 5.32 Å². The molecule has 0 bridgehead atoms. The first-order chi connectivity index (χ1) is 9.27. The Morgan fingerprint density at radius 3 is 1.68 bits per heavy atom. The van der Waals surface area contributed by atoms with E-state index in [-0.39, 0.29) is 0 Å². The summed E-state index contributed by atoms with van der Waals surface area (Å²) >= 11 is 0. The van der Waals surface area contributed by atoms with Crippen LogP contribution in [0.5, 0.6) is 0 Å². The fourth-order valence-electron chi connectivity index (χ4n) is 3.30. The zero-order valence-corrected chi connectivity index (χ0v) is 12.6. The zero-order chi connectivity index (χ0) is 13.5. The molecule has 110 valence electrons. The maximum absolute atomic E-state index is 12.0. The van der Waals surface area contributed by atoms with Crippen molar-refractivity contribution in [3.05, 3.63) is 0 Å². The predicted octanol–water partition coefficient (Wildman–Crippen LogP) is 4.43. The van der Waals surface area contributed by atoms with Gasteiger partial charge in [0.25, 0.3) is 0 Å². The minimum atomic E-state index is 0.335. The van der Waals surface area contributed by atoms with Crippen molar-refractivity contribution < 1.29 is 4.79 Å². The van der Waals surface area contributed by atoms with E-state index in [0.717, 1.165) is 6.42 Å². The summed E-state index contributed by atoms with van der Waals surface area (Å²) in [6.07, 6.45) is 15.8. The summed E-state index contributed by atoms with van der Waals surface area (Å²) < 4.78 is 0. The van der Waals surface area contributed by atoms with Gasteiger partial charge in [-0.15, -0.1) is 0 Å². The first kappa shape index (κ1) is 14.9. The molecule has 2 fully saturated rings. The second kappa shape index (κ2) is 7.91. The normalized spacial score (nSPS) is 31.0. The van der Waals surface area contributed by atoms with Crippen molar-refractivity contribution in [1.29, 1.82) is 0 Å². The van der Waals surface area contributed by atoms with Gasteiger partial charge < -0.3 is 5.32 Å². The Kier molecular flexibility index (Phi) is 6.19. The van der Waals surface area contributed by atoms with Crippen LogP contribution >= 0.6 is 0 Å². The summed E-state index contributed by atoms with van der Waals surface area (Å²) in [4.78, 5) is 12.0. The van der Waals surface area contributed by atoms with Crippen molar-refractivity contribution >= 4 is 5.91 Å². The van der Waals surface area contributed by atoms with Crippen LogP contribution in [0.3, 0.4) is 0 Å². The van der Waals surface area contributed by atoms with Crippen molar-refractivity contribution in [1.82, 2.24) is 5.32 Å². The SMILES string of the molecule is C[C@@H]1C[C@@H]1C(=O)NC1CCCCCCCCCCC1.